The summed E-state index contributed by atoms with van der Waals surface area (Å²) < 4.78 is 56.7. The Morgan fingerprint density at radius 3 is 2.21 bits per heavy atom. The number of carbonyl (C=O) groups excluding carboxylic acids is 2. The number of methoxy groups -OCH3 is 1. The predicted octanol–water partition coefficient (Wildman–Crippen LogP) is 3.95. The Labute approximate surface area is 158 Å². The maximum atomic E-state index is 12.4. The van der Waals surface area contributed by atoms with Crippen molar-refractivity contribution in [2.45, 2.75) is 6.18 Å². The molecule has 2 rings (SSSR count). The maximum Gasteiger partial charge on any atom is 0.422 e. The number of ether oxygens (including phenoxy) is 4. The van der Waals surface area contributed by atoms with Crippen LogP contribution in [0.1, 0.15) is 10.4 Å². The molecule has 148 valence electrons. The molecule has 0 heterocycles. The Hall–Kier alpha value is -3.49. The average Bonchev–Trinajstić information content (AvgIpc) is 2.66. The van der Waals surface area contributed by atoms with Gasteiger partial charge in [0.1, 0.15) is 0 Å². The van der Waals surface area contributed by atoms with Crippen molar-refractivity contribution in [2.24, 2.45) is 0 Å². The van der Waals surface area contributed by atoms with Crippen LogP contribution in [0.2, 0.25) is 0 Å². The fraction of sp³-hybridized carbons (Fsp3) is 0.158. The largest absolute Gasteiger partial charge is 0.493 e. The van der Waals surface area contributed by atoms with E-state index in [0.717, 1.165) is 12.1 Å². The first kappa shape index (κ1) is 20.8. The van der Waals surface area contributed by atoms with Gasteiger partial charge in [0.25, 0.3) is 0 Å². The minimum atomic E-state index is -4.52. The van der Waals surface area contributed by atoms with Crippen LogP contribution in [0, 0.1) is 0 Å². The Balaban J connectivity index is 2.19. The normalized spacial score (nSPS) is 10.7. The summed E-state index contributed by atoms with van der Waals surface area (Å²) >= 11 is 0. The van der Waals surface area contributed by atoms with Crippen molar-refractivity contribution in [1.29, 1.82) is 0 Å². The number of hydrogen-bond donors (Lipinski definition) is 0. The lowest BCUT2D eigenvalue weighted by Gasteiger charge is -2.14. The third kappa shape index (κ3) is 5.76. The molecule has 2 aromatic rings. The lowest BCUT2D eigenvalue weighted by atomic mass is 10.2. The number of benzene rings is 2. The predicted molar refractivity (Wildman–Crippen MR) is 91.8 cm³/mol. The molecule has 0 atom stereocenters. The molecule has 0 unspecified atom stereocenters. The molecule has 0 N–H and O–H groups in total. The highest BCUT2D eigenvalue weighted by Gasteiger charge is 2.29. The van der Waals surface area contributed by atoms with Crippen molar-refractivity contribution < 1.29 is 41.7 Å². The van der Waals surface area contributed by atoms with Crippen LogP contribution >= 0.6 is 0 Å². The first-order valence-corrected chi connectivity index (χ1v) is 7.76. The van der Waals surface area contributed by atoms with Gasteiger partial charge >= 0.3 is 18.1 Å². The Morgan fingerprint density at radius 1 is 1.00 bits per heavy atom. The lowest BCUT2D eigenvalue weighted by Crippen LogP contribution is -2.19. The zero-order valence-electron chi connectivity index (χ0n) is 14.6. The standard InChI is InChI=1S/C19H15F3O6/c1-3-17(23)27-14-6-4-5-7-15(14)28-18(24)12-8-9-13(16(10-12)25-2)26-11-19(20,21)22/h3-10H,1,11H2,2H3. The van der Waals surface area contributed by atoms with E-state index in [9.17, 15) is 22.8 Å². The fourth-order valence-corrected chi connectivity index (χ4v) is 2.00. The lowest BCUT2D eigenvalue weighted by molar-refractivity contribution is -0.153. The minimum absolute atomic E-state index is 0.00199. The highest BCUT2D eigenvalue weighted by Crippen LogP contribution is 2.31. The van der Waals surface area contributed by atoms with E-state index in [2.05, 4.69) is 11.3 Å². The Bertz CT molecular complexity index is 876. The second-order valence-electron chi connectivity index (χ2n) is 5.23. The van der Waals surface area contributed by atoms with Crippen molar-refractivity contribution >= 4 is 11.9 Å². The molecule has 0 aromatic heterocycles. The van der Waals surface area contributed by atoms with Crippen LogP contribution in [0.5, 0.6) is 23.0 Å². The van der Waals surface area contributed by atoms with E-state index in [1.807, 2.05) is 0 Å². The van der Waals surface area contributed by atoms with Gasteiger partial charge < -0.3 is 18.9 Å². The number of carbonyl (C=O) groups is 2. The molecule has 0 amide bonds. The molecule has 0 fully saturated rings. The van der Waals surface area contributed by atoms with Gasteiger partial charge in [-0.1, -0.05) is 18.7 Å². The third-order valence-corrected chi connectivity index (χ3v) is 3.22. The fourth-order valence-electron chi connectivity index (χ4n) is 2.00. The van der Waals surface area contributed by atoms with Gasteiger partial charge in [0.05, 0.1) is 12.7 Å². The van der Waals surface area contributed by atoms with E-state index >= 15 is 0 Å². The average molecular weight is 396 g/mol. The summed E-state index contributed by atoms with van der Waals surface area (Å²) in [7, 11) is 1.22. The van der Waals surface area contributed by atoms with E-state index in [4.69, 9.17) is 14.2 Å². The molecule has 0 aliphatic heterocycles. The summed E-state index contributed by atoms with van der Waals surface area (Å²) in [5.74, 6) is -1.88. The van der Waals surface area contributed by atoms with E-state index in [1.165, 1.54) is 31.4 Å². The molecule has 0 spiro atoms. The molecule has 0 radical (unpaired) electrons. The van der Waals surface area contributed by atoms with Crippen molar-refractivity contribution in [3.05, 3.63) is 60.7 Å². The number of alkyl halides is 3. The zero-order valence-corrected chi connectivity index (χ0v) is 14.6. The molecule has 9 heteroatoms. The molecule has 28 heavy (non-hydrogen) atoms. The first-order valence-electron chi connectivity index (χ1n) is 7.76. The number of para-hydroxylation sites is 2. The number of halogens is 3. The zero-order chi connectivity index (χ0) is 20.7. The third-order valence-electron chi connectivity index (χ3n) is 3.22. The van der Waals surface area contributed by atoms with Crippen molar-refractivity contribution in [3.63, 3.8) is 0 Å². The molecule has 0 aliphatic carbocycles. The van der Waals surface area contributed by atoms with E-state index in [1.54, 1.807) is 12.1 Å². The van der Waals surface area contributed by atoms with Crippen molar-refractivity contribution in [2.75, 3.05) is 13.7 Å². The van der Waals surface area contributed by atoms with Gasteiger partial charge in [-0.3, -0.25) is 0 Å². The summed E-state index contributed by atoms with van der Waals surface area (Å²) in [5.41, 5.74) is -0.0129. The highest BCUT2D eigenvalue weighted by atomic mass is 19.4. The summed E-state index contributed by atoms with van der Waals surface area (Å²) in [4.78, 5) is 23.7. The van der Waals surface area contributed by atoms with Gasteiger partial charge in [-0.2, -0.15) is 13.2 Å². The monoisotopic (exact) mass is 396 g/mol. The number of rotatable bonds is 7. The van der Waals surface area contributed by atoms with Crippen LogP contribution in [0.15, 0.2) is 55.1 Å². The number of hydrogen-bond acceptors (Lipinski definition) is 6. The quantitative estimate of drug-likeness (QED) is 0.401. The summed E-state index contributed by atoms with van der Waals surface area (Å²) in [6.45, 7) is 1.77. The van der Waals surface area contributed by atoms with Gasteiger partial charge in [0.15, 0.2) is 29.6 Å². The van der Waals surface area contributed by atoms with Crippen molar-refractivity contribution in [3.8, 4) is 23.0 Å². The number of esters is 2. The second kappa shape index (κ2) is 8.94. The van der Waals surface area contributed by atoms with Crippen LogP contribution in [0.4, 0.5) is 13.2 Å². The van der Waals surface area contributed by atoms with Gasteiger partial charge in [0.2, 0.25) is 0 Å². The topological polar surface area (TPSA) is 71.1 Å². The van der Waals surface area contributed by atoms with E-state index < -0.39 is 24.7 Å². The summed E-state index contributed by atoms with van der Waals surface area (Å²) in [6, 6.07) is 9.49. The molecule has 0 aliphatic rings. The molecule has 0 saturated carbocycles. The summed E-state index contributed by atoms with van der Waals surface area (Å²) in [6.07, 6.45) is -3.57. The Kier molecular flexibility index (Phi) is 6.64. The molecular formula is C19H15F3O6. The van der Waals surface area contributed by atoms with Gasteiger partial charge in [-0.25, -0.2) is 9.59 Å². The van der Waals surface area contributed by atoms with E-state index in [0.29, 0.717) is 0 Å². The van der Waals surface area contributed by atoms with Crippen LogP contribution in [0.25, 0.3) is 0 Å². The summed E-state index contributed by atoms with van der Waals surface area (Å²) in [5, 5.41) is 0. The molecule has 0 bridgehead atoms. The smallest absolute Gasteiger partial charge is 0.422 e. The second-order valence-corrected chi connectivity index (χ2v) is 5.23. The van der Waals surface area contributed by atoms with Crippen LogP contribution in [0.3, 0.4) is 0 Å². The van der Waals surface area contributed by atoms with Crippen LogP contribution in [-0.4, -0.2) is 31.8 Å². The molecule has 2 aromatic carbocycles. The molecule has 6 nitrogen and oxygen atoms in total. The van der Waals surface area contributed by atoms with Gasteiger partial charge in [0, 0.05) is 6.08 Å². The Morgan fingerprint density at radius 2 is 1.64 bits per heavy atom. The van der Waals surface area contributed by atoms with Gasteiger partial charge in [-0.15, -0.1) is 0 Å². The van der Waals surface area contributed by atoms with Gasteiger partial charge in [-0.05, 0) is 30.3 Å². The SMILES string of the molecule is C=CC(=O)Oc1ccccc1OC(=O)c1ccc(OCC(F)(F)F)c(OC)c1. The van der Waals surface area contributed by atoms with Crippen LogP contribution in [-0.2, 0) is 4.79 Å². The van der Waals surface area contributed by atoms with Crippen LogP contribution < -0.4 is 18.9 Å². The highest BCUT2D eigenvalue weighted by molar-refractivity contribution is 5.92. The maximum absolute atomic E-state index is 12.4. The molecule has 0 saturated heterocycles. The van der Waals surface area contributed by atoms with Crippen molar-refractivity contribution in [1.82, 2.24) is 0 Å². The minimum Gasteiger partial charge on any atom is -0.493 e. The van der Waals surface area contributed by atoms with E-state index in [-0.39, 0.29) is 28.6 Å². The first-order chi connectivity index (χ1) is 13.2. The molecular weight excluding hydrogens is 381 g/mol.